The number of ketones is 4. The van der Waals surface area contributed by atoms with Crippen LogP contribution < -0.4 is 5.46 Å². The van der Waals surface area contributed by atoms with E-state index in [0.717, 1.165) is 111 Å². The number of hydrogen-bond acceptors (Lipinski definition) is 6. The summed E-state index contributed by atoms with van der Waals surface area (Å²) in [6.07, 6.45) is 1.94. The Morgan fingerprint density at radius 3 is 0.881 bits per heavy atom. The summed E-state index contributed by atoms with van der Waals surface area (Å²) in [6.45, 7) is 0. The van der Waals surface area contributed by atoms with Gasteiger partial charge in [-0.3, -0.25) is 19.2 Å². The zero-order valence-corrected chi connectivity index (χ0v) is 74.1. The molecule has 3 aliphatic carbocycles. The number of halogens is 1. The van der Waals surface area contributed by atoms with Crippen molar-refractivity contribution >= 4 is 181 Å². The summed E-state index contributed by atoms with van der Waals surface area (Å²) < 4.78 is 0.664. The smallest absolute Gasteiger partial charge is 0.423 e. The molecule has 0 fully saturated rings. The quantitative estimate of drug-likeness (QED) is 0.127. The van der Waals surface area contributed by atoms with Gasteiger partial charge in [-0.05, 0) is 262 Å². The lowest BCUT2D eigenvalue weighted by molar-refractivity contribution is 0.0980. The van der Waals surface area contributed by atoms with Gasteiger partial charge >= 0.3 is 7.12 Å². The Morgan fingerprint density at radius 1 is 0.187 bits per heavy atom. The number of carbonyl (C=O) groups excluding carboxylic acids is 4. The van der Waals surface area contributed by atoms with Crippen molar-refractivity contribution in [2.24, 2.45) is 0 Å². The van der Waals surface area contributed by atoms with E-state index in [1.54, 1.807) is 30.3 Å². The highest BCUT2D eigenvalue weighted by Gasteiger charge is 2.37. The Bertz CT molecular complexity index is 9010. The van der Waals surface area contributed by atoms with Crippen LogP contribution in [0.1, 0.15) is 85.9 Å². The Hall–Kier alpha value is -16.5. The van der Waals surface area contributed by atoms with Gasteiger partial charge in [0.15, 0.2) is 23.1 Å². The predicted octanol–water partition coefficient (Wildman–Crippen LogP) is 30.4. The molecule has 0 bridgehead atoms. The Kier molecular flexibility index (Phi) is 20.0. The third kappa shape index (κ3) is 13.5. The standard InChI is InChI=1S/C42H24O2.C42H28.C24H17BO2.C18H9BrO2/c43-41-35-19-9-18-34(40(35)42(44)36-23-22-26-11-3-4-13-29(26)39(36)41)38-32-16-7-5-14-30(32)37(31-15-6-8-17-33(31)38)28-21-20-25-10-1-2-12-27(25)24-28;1-2-12-29-24-32(23-20-27(29)10-1)41-34-15-5-7-17-36(34)42(37-18-8-6-16-35(37)41)38-19-9-13-30-25-39-31(26-40(30)38)22-21-28-11-3-4-14-33(28)39;26-25(27)24-21-11-5-3-9-19(21)23(20-10-4-6-12-22(20)24)18-14-13-16-7-1-2-8-17(16)15-18;19-14-7-3-6-12-16(14)18(21)13-9-8-10-4-1-2-5-11(10)15(13)17(12)20/h1-24H;1-24H,25-26H2;1-15,26-27H;1-9H. The van der Waals surface area contributed by atoms with Crippen molar-refractivity contribution in [3.05, 3.63) is 508 Å². The van der Waals surface area contributed by atoms with Crippen molar-refractivity contribution in [1.82, 2.24) is 0 Å². The zero-order chi connectivity index (χ0) is 89.9. The molecule has 0 heterocycles. The molecule has 24 aromatic carbocycles. The van der Waals surface area contributed by atoms with Crippen molar-refractivity contribution in [2.45, 2.75) is 12.8 Å². The second-order valence-electron chi connectivity index (χ2n) is 35.0. The first-order chi connectivity index (χ1) is 65.9. The van der Waals surface area contributed by atoms with E-state index in [0.29, 0.717) is 54.4 Å². The normalized spacial score (nSPS) is 12.4. The fraction of sp³-hybridized carbons (Fsp3) is 0.0159. The topological polar surface area (TPSA) is 109 Å². The number of carbonyl (C=O) groups is 4. The lowest BCUT2D eigenvalue weighted by atomic mass is 9.72. The van der Waals surface area contributed by atoms with Gasteiger partial charge in [0, 0.05) is 49.0 Å². The molecule has 0 atom stereocenters. The average molecular weight is 1780 g/mol. The number of hydrogen-bond donors (Lipinski definition) is 2. The lowest BCUT2D eigenvalue weighted by Crippen LogP contribution is -2.31. The van der Waals surface area contributed by atoms with Crippen LogP contribution in [0, 0.1) is 0 Å². The molecule has 0 amide bonds. The minimum absolute atomic E-state index is 0.0855. The molecule has 24 aromatic rings. The van der Waals surface area contributed by atoms with Crippen LogP contribution in [0.3, 0.4) is 0 Å². The van der Waals surface area contributed by atoms with Crippen LogP contribution >= 0.6 is 15.9 Å². The molecule has 0 radical (unpaired) electrons. The molecule has 134 heavy (non-hydrogen) atoms. The maximum atomic E-state index is 14.4. The Labute approximate surface area is 780 Å². The minimum atomic E-state index is -1.52. The van der Waals surface area contributed by atoms with Gasteiger partial charge in [-0.25, -0.2) is 0 Å². The van der Waals surface area contributed by atoms with Crippen LogP contribution in [-0.2, 0) is 12.8 Å². The van der Waals surface area contributed by atoms with E-state index in [9.17, 15) is 29.2 Å². The first-order valence-electron chi connectivity index (χ1n) is 45.3. The molecule has 0 spiro atoms. The molecule has 3 aliphatic rings. The Morgan fingerprint density at radius 2 is 0.455 bits per heavy atom. The van der Waals surface area contributed by atoms with Crippen LogP contribution in [0.2, 0.25) is 0 Å². The van der Waals surface area contributed by atoms with E-state index in [1.807, 2.05) is 127 Å². The predicted molar refractivity (Wildman–Crippen MR) is 559 cm³/mol. The van der Waals surface area contributed by atoms with Gasteiger partial charge in [0.1, 0.15) is 0 Å². The maximum Gasteiger partial charge on any atom is 0.489 e. The fourth-order valence-electron chi connectivity index (χ4n) is 21.7. The minimum Gasteiger partial charge on any atom is -0.423 e. The van der Waals surface area contributed by atoms with Gasteiger partial charge in [-0.1, -0.05) is 416 Å². The first-order valence-corrected chi connectivity index (χ1v) is 46.1. The van der Waals surface area contributed by atoms with Crippen LogP contribution in [0.25, 0.3) is 185 Å². The molecular weight excluding hydrogens is 1700 g/mol. The van der Waals surface area contributed by atoms with Crippen molar-refractivity contribution in [2.75, 3.05) is 0 Å². The van der Waals surface area contributed by atoms with Crippen molar-refractivity contribution < 1.29 is 29.2 Å². The molecule has 0 aromatic heterocycles. The molecule has 0 unspecified atom stereocenters. The number of rotatable bonds is 6. The van der Waals surface area contributed by atoms with Gasteiger partial charge in [0.25, 0.3) is 0 Å². The molecule has 6 nitrogen and oxygen atoms in total. The van der Waals surface area contributed by atoms with E-state index >= 15 is 0 Å². The highest BCUT2D eigenvalue weighted by molar-refractivity contribution is 9.10. The molecule has 27 rings (SSSR count). The molecule has 2 N–H and O–H groups in total. The molecule has 0 saturated heterocycles. The van der Waals surface area contributed by atoms with Crippen LogP contribution in [0.15, 0.2) is 441 Å². The molecule has 628 valence electrons. The average Bonchev–Trinajstić information content (AvgIpc) is 0.712. The summed E-state index contributed by atoms with van der Waals surface area (Å²) >= 11 is 3.38. The largest absolute Gasteiger partial charge is 0.489 e. The maximum absolute atomic E-state index is 14.4. The van der Waals surface area contributed by atoms with Gasteiger partial charge in [0.05, 0.1) is 0 Å². The van der Waals surface area contributed by atoms with E-state index in [4.69, 9.17) is 0 Å². The van der Waals surface area contributed by atoms with Crippen molar-refractivity contribution in [1.29, 1.82) is 0 Å². The van der Waals surface area contributed by atoms with E-state index in [1.165, 1.54) is 109 Å². The first kappa shape index (κ1) is 80.8. The summed E-state index contributed by atoms with van der Waals surface area (Å²) in [5.41, 5.74) is 21.9. The summed E-state index contributed by atoms with van der Waals surface area (Å²) in [7, 11) is -1.52. The summed E-state index contributed by atoms with van der Waals surface area (Å²) in [5, 5.41) is 47.1. The molecular formula is C126H78BBrO6. The highest BCUT2D eigenvalue weighted by atomic mass is 79.9. The summed E-state index contributed by atoms with van der Waals surface area (Å²) in [5.74, 6) is -0.395. The summed E-state index contributed by atoms with van der Waals surface area (Å²) in [6, 6.07) is 151. The SMILES string of the molecule is O=C1c2ccc3ccccc3c2C(=O)c2cccc(-c3c4ccccc4c(-c4ccc5ccccc5c4)c4ccccc34)c21.O=C1c2ccc3ccccc3c2C(=O)c2cccc(Br)c21.OB(O)c1c2ccccc2c(-c2ccc3ccccc3c2)c2ccccc12.c1cc2c(c(-c3c4ccccc4c(-c4ccc5ccccc5c4)c4ccccc34)c1)Cc1ccc3ccccc3c1C2. The van der Waals surface area contributed by atoms with Crippen LogP contribution in [-0.4, -0.2) is 40.3 Å². The van der Waals surface area contributed by atoms with Gasteiger partial charge in [0.2, 0.25) is 0 Å². The number of fused-ring (bicyclic) bond motifs is 21. The fourth-order valence-corrected chi connectivity index (χ4v) is 22.3. The third-order valence-electron chi connectivity index (χ3n) is 27.7. The van der Waals surface area contributed by atoms with Crippen molar-refractivity contribution in [3.8, 4) is 55.6 Å². The van der Waals surface area contributed by atoms with Crippen LogP contribution in [0.5, 0.6) is 0 Å². The molecule has 0 aliphatic heterocycles. The van der Waals surface area contributed by atoms with Crippen molar-refractivity contribution in [3.63, 3.8) is 0 Å². The van der Waals surface area contributed by atoms with E-state index < -0.39 is 7.12 Å². The van der Waals surface area contributed by atoms with Gasteiger partial charge < -0.3 is 10.0 Å². The highest BCUT2D eigenvalue weighted by Crippen LogP contribution is 2.51. The third-order valence-corrected chi connectivity index (χ3v) is 28.4. The zero-order valence-electron chi connectivity index (χ0n) is 72.5. The second-order valence-corrected chi connectivity index (χ2v) is 35.8. The van der Waals surface area contributed by atoms with E-state index in [2.05, 4.69) is 295 Å². The number of benzene rings is 24. The molecule has 0 saturated carbocycles. The Balaban J connectivity index is 0.000000102. The second kappa shape index (κ2) is 33.2. The van der Waals surface area contributed by atoms with Crippen LogP contribution in [0.4, 0.5) is 0 Å². The lowest BCUT2D eigenvalue weighted by Gasteiger charge is -2.26. The summed E-state index contributed by atoms with van der Waals surface area (Å²) in [4.78, 5) is 54.2. The monoisotopic (exact) mass is 1780 g/mol. The van der Waals surface area contributed by atoms with E-state index in [-0.39, 0.29) is 23.1 Å². The molecule has 8 heteroatoms. The van der Waals surface area contributed by atoms with Gasteiger partial charge in [-0.2, -0.15) is 0 Å². The van der Waals surface area contributed by atoms with Gasteiger partial charge in [-0.15, -0.1) is 0 Å².